The third kappa shape index (κ3) is 3.36. The Morgan fingerprint density at radius 1 is 1.06 bits per heavy atom. The maximum absolute atomic E-state index is 13.7. The van der Waals surface area contributed by atoms with Gasteiger partial charge in [0, 0.05) is 13.2 Å². The predicted octanol–water partition coefficient (Wildman–Crippen LogP) is 5.26. The van der Waals surface area contributed by atoms with Gasteiger partial charge in [-0.1, -0.05) is 38.1 Å². The van der Waals surface area contributed by atoms with Crippen molar-refractivity contribution in [2.75, 3.05) is 13.2 Å². The molecule has 166 valence electrons. The van der Waals surface area contributed by atoms with E-state index in [1.807, 2.05) is 38.1 Å². The van der Waals surface area contributed by atoms with Crippen LogP contribution in [0.25, 0.3) is 11.0 Å². The van der Waals surface area contributed by atoms with Gasteiger partial charge in [-0.25, -0.2) is 0 Å². The standard InChI is InChI=1S/C27H29NO4/c1-15(2)18-7-9-19(10-8-18)24-23-25(29)21-12-16(3)17(4)13-22(21)32-26(23)27(30)28(24)14-20-6-5-11-31-20/h7-10,12-13,15,20,24H,5-6,11,14H2,1-4H3/t20-,24-/m1/s1. The number of carbonyl (C=O) groups excluding carboxylic acids is 1. The Hall–Kier alpha value is -2.92. The minimum absolute atomic E-state index is 0.0142. The average Bonchev–Trinajstić information content (AvgIpc) is 3.38. The molecule has 5 nitrogen and oxygen atoms in total. The van der Waals surface area contributed by atoms with Crippen LogP contribution in [-0.2, 0) is 4.74 Å². The molecule has 0 radical (unpaired) electrons. The summed E-state index contributed by atoms with van der Waals surface area (Å²) in [6.07, 6.45) is 1.90. The molecule has 0 aliphatic carbocycles. The van der Waals surface area contributed by atoms with Gasteiger partial charge < -0.3 is 14.1 Å². The van der Waals surface area contributed by atoms with Gasteiger partial charge in [0.05, 0.1) is 23.1 Å². The van der Waals surface area contributed by atoms with Gasteiger partial charge >= 0.3 is 0 Å². The summed E-state index contributed by atoms with van der Waals surface area (Å²) in [5, 5.41) is 0.530. The number of ether oxygens (including phenoxy) is 1. The van der Waals surface area contributed by atoms with E-state index >= 15 is 0 Å². The van der Waals surface area contributed by atoms with Gasteiger partial charge in [-0.15, -0.1) is 0 Å². The molecule has 1 aromatic heterocycles. The SMILES string of the molecule is Cc1cc2oc3c(c(=O)c2cc1C)[C@@H](c1ccc(C(C)C)cc1)N(C[C@H]1CCCO1)C3=O. The minimum atomic E-state index is -0.467. The van der Waals surface area contributed by atoms with E-state index < -0.39 is 6.04 Å². The average molecular weight is 432 g/mol. The zero-order chi connectivity index (χ0) is 22.6. The first-order valence-corrected chi connectivity index (χ1v) is 11.5. The molecule has 0 saturated carbocycles. The first-order valence-electron chi connectivity index (χ1n) is 11.5. The fraction of sp³-hybridized carbons (Fsp3) is 0.407. The highest BCUT2D eigenvalue weighted by atomic mass is 16.5. The number of fused-ring (bicyclic) bond motifs is 2. The molecule has 32 heavy (non-hydrogen) atoms. The zero-order valence-electron chi connectivity index (χ0n) is 19.1. The number of hydrogen-bond donors (Lipinski definition) is 0. The van der Waals surface area contributed by atoms with Gasteiger partial charge in [-0.2, -0.15) is 0 Å². The van der Waals surface area contributed by atoms with Crippen molar-refractivity contribution < 1.29 is 13.9 Å². The summed E-state index contributed by atoms with van der Waals surface area (Å²) in [5.41, 5.74) is 5.01. The van der Waals surface area contributed by atoms with E-state index in [9.17, 15) is 9.59 Å². The summed E-state index contributed by atoms with van der Waals surface area (Å²) >= 11 is 0. The van der Waals surface area contributed by atoms with Crippen molar-refractivity contribution in [3.8, 4) is 0 Å². The van der Waals surface area contributed by atoms with Gasteiger partial charge in [0.1, 0.15) is 5.58 Å². The normalized spacial score (nSPS) is 20.5. The van der Waals surface area contributed by atoms with Gasteiger partial charge in [-0.05, 0) is 67.0 Å². The minimum Gasteiger partial charge on any atom is -0.450 e. The molecule has 2 aromatic carbocycles. The molecule has 1 saturated heterocycles. The van der Waals surface area contributed by atoms with Gasteiger partial charge in [0.25, 0.3) is 5.91 Å². The highest BCUT2D eigenvalue weighted by Gasteiger charge is 2.43. The molecule has 2 aliphatic heterocycles. The molecular weight excluding hydrogens is 402 g/mol. The Bertz CT molecular complexity index is 1250. The van der Waals surface area contributed by atoms with Crippen molar-refractivity contribution in [2.45, 2.75) is 58.6 Å². The highest BCUT2D eigenvalue weighted by Crippen LogP contribution is 2.39. The summed E-state index contributed by atoms with van der Waals surface area (Å²) in [4.78, 5) is 29.0. The second-order valence-corrected chi connectivity index (χ2v) is 9.42. The molecule has 3 heterocycles. The maximum atomic E-state index is 13.7. The molecule has 1 fully saturated rings. The second kappa shape index (κ2) is 7.89. The Kier molecular flexibility index (Phi) is 5.17. The molecule has 3 aromatic rings. The van der Waals surface area contributed by atoms with E-state index in [0.29, 0.717) is 35.6 Å². The van der Waals surface area contributed by atoms with Crippen molar-refractivity contribution in [3.63, 3.8) is 0 Å². The van der Waals surface area contributed by atoms with Crippen LogP contribution in [0.1, 0.15) is 77.0 Å². The Morgan fingerprint density at radius 3 is 2.44 bits per heavy atom. The molecule has 5 rings (SSSR count). The van der Waals surface area contributed by atoms with Crippen LogP contribution >= 0.6 is 0 Å². The molecule has 2 aliphatic rings. The van der Waals surface area contributed by atoms with Crippen molar-refractivity contribution in [3.05, 3.63) is 80.2 Å². The third-order valence-electron chi connectivity index (χ3n) is 6.93. The van der Waals surface area contributed by atoms with Crippen molar-refractivity contribution >= 4 is 16.9 Å². The lowest BCUT2D eigenvalue weighted by Crippen LogP contribution is -2.36. The molecule has 2 atom stereocenters. The largest absolute Gasteiger partial charge is 0.450 e. The van der Waals surface area contributed by atoms with E-state index in [-0.39, 0.29) is 23.2 Å². The highest BCUT2D eigenvalue weighted by molar-refractivity contribution is 5.99. The van der Waals surface area contributed by atoms with Crippen LogP contribution in [-0.4, -0.2) is 30.1 Å². The van der Waals surface area contributed by atoms with Crippen LogP contribution < -0.4 is 5.43 Å². The van der Waals surface area contributed by atoms with E-state index in [4.69, 9.17) is 9.15 Å². The van der Waals surface area contributed by atoms with Crippen LogP contribution in [0.5, 0.6) is 0 Å². The summed E-state index contributed by atoms with van der Waals surface area (Å²) in [6.45, 7) is 9.43. The monoisotopic (exact) mass is 431 g/mol. The summed E-state index contributed by atoms with van der Waals surface area (Å²) in [6, 6.07) is 11.5. The van der Waals surface area contributed by atoms with Crippen molar-refractivity contribution in [1.29, 1.82) is 0 Å². The van der Waals surface area contributed by atoms with E-state index in [1.165, 1.54) is 5.56 Å². The molecule has 0 unspecified atom stereocenters. The van der Waals surface area contributed by atoms with Gasteiger partial charge in [0.2, 0.25) is 5.76 Å². The number of amides is 1. The molecule has 0 N–H and O–H groups in total. The van der Waals surface area contributed by atoms with Crippen LogP contribution in [0.4, 0.5) is 0 Å². The van der Waals surface area contributed by atoms with Crippen LogP contribution in [0.2, 0.25) is 0 Å². The summed E-state index contributed by atoms with van der Waals surface area (Å²) in [7, 11) is 0. The quantitative estimate of drug-likeness (QED) is 0.566. The van der Waals surface area contributed by atoms with E-state index in [2.05, 4.69) is 26.0 Å². The van der Waals surface area contributed by atoms with Crippen LogP contribution in [0.15, 0.2) is 45.6 Å². The van der Waals surface area contributed by atoms with Gasteiger partial charge in [-0.3, -0.25) is 9.59 Å². The van der Waals surface area contributed by atoms with E-state index in [0.717, 1.165) is 29.5 Å². The van der Waals surface area contributed by atoms with Crippen LogP contribution in [0, 0.1) is 13.8 Å². The third-order valence-corrected chi connectivity index (χ3v) is 6.93. The Morgan fingerprint density at radius 2 is 1.78 bits per heavy atom. The lowest BCUT2D eigenvalue weighted by atomic mass is 9.94. The number of hydrogen-bond acceptors (Lipinski definition) is 4. The van der Waals surface area contributed by atoms with Crippen molar-refractivity contribution in [1.82, 2.24) is 4.90 Å². The summed E-state index contributed by atoms with van der Waals surface area (Å²) in [5.74, 6) is 0.345. The maximum Gasteiger partial charge on any atom is 0.291 e. The fourth-order valence-electron chi connectivity index (χ4n) is 4.88. The number of rotatable bonds is 4. The molecule has 1 amide bonds. The zero-order valence-corrected chi connectivity index (χ0v) is 19.1. The Balaban J connectivity index is 1.69. The number of aryl methyl sites for hydroxylation is 2. The predicted molar refractivity (Wildman–Crippen MR) is 124 cm³/mol. The summed E-state index contributed by atoms with van der Waals surface area (Å²) < 4.78 is 11.9. The fourth-order valence-corrected chi connectivity index (χ4v) is 4.88. The topological polar surface area (TPSA) is 59.8 Å². The first kappa shape index (κ1) is 21.0. The smallest absolute Gasteiger partial charge is 0.291 e. The Labute approximate surface area is 188 Å². The number of benzene rings is 2. The lowest BCUT2D eigenvalue weighted by Gasteiger charge is -2.27. The molecular formula is C27H29NO4. The molecule has 0 bridgehead atoms. The van der Waals surface area contributed by atoms with Crippen molar-refractivity contribution in [2.24, 2.45) is 0 Å². The first-order chi connectivity index (χ1) is 15.3. The lowest BCUT2D eigenvalue weighted by molar-refractivity contribution is 0.0486. The molecule has 5 heteroatoms. The van der Waals surface area contributed by atoms with E-state index in [1.54, 1.807) is 4.90 Å². The van der Waals surface area contributed by atoms with Gasteiger partial charge in [0.15, 0.2) is 5.43 Å². The molecule has 0 spiro atoms. The van der Waals surface area contributed by atoms with Crippen LogP contribution in [0.3, 0.4) is 0 Å². The number of nitrogens with zero attached hydrogens (tertiary/aromatic N) is 1. The second-order valence-electron chi connectivity index (χ2n) is 9.42. The number of carbonyl (C=O) groups is 1.